The van der Waals surface area contributed by atoms with E-state index in [1.807, 2.05) is 25.1 Å². The summed E-state index contributed by atoms with van der Waals surface area (Å²) in [4.78, 5) is 19.1. The molecule has 1 fully saturated rings. The van der Waals surface area contributed by atoms with Gasteiger partial charge in [0.15, 0.2) is 0 Å². The smallest absolute Gasteiger partial charge is 0.251 e. The number of amides is 1. The molecule has 0 atom stereocenters. The highest BCUT2D eigenvalue weighted by atomic mass is 16.5. The summed E-state index contributed by atoms with van der Waals surface area (Å²) in [5, 5.41) is 2.97. The molecule has 0 bridgehead atoms. The van der Waals surface area contributed by atoms with Crippen molar-refractivity contribution in [2.75, 3.05) is 38.3 Å². The van der Waals surface area contributed by atoms with Crippen LogP contribution in [0.4, 0.5) is 5.82 Å². The van der Waals surface area contributed by atoms with Crippen LogP contribution in [0.1, 0.15) is 21.5 Å². The number of rotatable bonds is 5. The predicted molar refractivity (Wildman–Crippen MR) is 96.2 cm³/mol. The average molecular weight is 341 g/mol. The predicted octanol–water partition coefficient (Wildman–Crippen LogP) is 2.17. The van der Waals surface area contributed by atoms with E-state index in [2.05, 4.69) is 15.2 Å². The number of nitrogens with one attached hydrogen (secondary N) is 1. The monoisotopic (exact) mass is 341 g/mol. The molecule has 1 amide bonds. The van der Waals surface area contributed by atoms with Gasteiger partial charge in [0.25, 0.3) is 5.91 Å². The summed E-state index contributed by atoms with van der Waals surface area (Å²) in [5.41, 5.74) is 2.58. The van der Waals surface area contributed by atoms with Crippen molar-refractivity contribution < 1.29 is 14.3 Å². The van der Waals surface area contributed by atoms with E-state index in [9.17, 15) is 4.79 Å². The minimum Gasteiger partial charge on any atom is -0.496 e. The van der Waals surface area contributed by atoms with E-state index in [4.69, 9.17) is 9.47 Å². The second-order valence-corrected chi connectivity index (χ2v) is 5.95. The normalized spacial score (nSPS) is 14.2. The van der Waals surface area contributed by atoms with Crippen LogP contribution in [0, 0.1) is 6.92 Å². The first-order valence-electron chi connectivity index (χ1n) is 8.38. The van der Waals surface area contributed by atoms with Crippen molar-refractivity contribution in [2.24, 2.45) is 0 Å². The van der Waals surface area contributed by atoms with Gasteiger partial charge in [-0.05, 0) is 30.7 Å². The lowest BCUT2D eigenvalue weighted by Crippen LogP contribution is -2.37. The molecule has 132 valence electrons. The van der Waals surface area contributed by atoms with Gasteiger partial charge in [0.1, 0.15) is 11.6 Å². The molecule has 2 aromatic rings. The van der Waals surface area contributed by atoms with Gasteiger partial charge in [-0.15, -0.1) is 0 Å². The number of hydrogen-bond acceptors (Lipinski definition) is 5. The summed E-state index contributed by atoms with van der Waals surface area (Å²) in [7, 11) is 1.61. The fourth-order valence-electron chi connectivity index (χ4n) is 2.87. The number of aromatic nitrogens is 1. The highest BCUT2D eigenvalue weighted by molar-refractivity contribution is 5.94. The molecule has 0 saturated carbocycles. The maximum atomic E-state index is 12.5. The highest BCUT2D eigenvalue weighted by Gasteiger charge is 2.16. The number of ether oxygens (including phenoxy) is 2. The van der Waals surface area contributed by atoms with Crippen molar-refractivity contribution in [3.8, 4) is 5.75 Å². The van der Waals surface area contributed by atoms with Gasteiger partial charge < -0.3 is 19.7 Å². The number of aryl methyl sites for hydroxylation is 1. The molecule has 6 nitrogen and oxygen atoms in total. The highest BCUT2D eigenvalue weighted by Crippen LogP contribution is 2.20. The summed E-state index contributed by atoms with van der Waals surface area (Å²) < 4.78 is 10.7. The van der Waals surface area contributed by atoms with Crippen LogP contribution in [-0.2, 0) is 11.3 Å². The van der Waals surface area contributed by atoms with Gasteiger partial charge in [0.2, 0.25) is 0 Å². The lowest BCUT2D eigenvalue weighted by molar-refractivity contribution is 0.0950. The van der Waals surface area contributed by atoms with Crippen LogP contribution in [0.2, 0.25) is 0 Å². The molecule has 25 heavy (non-hydrogen) atoms. The van der Waals surface area contributed by atoms with Crippen molar-refractivity contribution in [1.82, 2.24) is 10.3 Å². The molecule has 1 saturated heterocycles. The van der Waals surface area contributed by atoms with Gasteiger partial charge in [-0.1, -0.05) is 12.1 Å². The summed E-state index contributed by atoms with van der Waals surface area (Å²) >= 11 is 0. The number of pyridine rings is 1. The molecule has 1 aromatic carbocycles. The molecule has 3 rings (SSSR count). The van der Waals surface area contributed by atoms with E-state index >= 15 is 0 Å². The van der Waals surface area contributed by atoms with Gasteiger partial charge in [0.05, 0.1) is 20.3 Å². The largest absolute Gasteiger partial charge is 0.496 e. The fraction of sp³-hybridized carbons (Fsp3) is 0.368. The van der Waals surface area contributed by atoms with Crippen molar-refractivity contribution in [3.05, 3.63) is 53.2 Å². The molecule has 1 aliphatic rings. The van der Waals surface area contributed by atoms with E-state index in [-0.39, 0.29) is 5.91 Å². The first-order valence-corrected chi connectivity index (χ1v) is 8.38. The van der Waals surface area contributed by atoms with Crippen LogP contribution < -0.4 is 15.0 Å². The third-order valence-electron chi connectivity index (χ3n) is 4.29. The average Bonchev–Trinajstić information content (AvgIpc) is 2.67. The number of nitrogens with zero attached hydrogens (tertiary/aromatic N) is 2. The summed E-state index contributed by atoms with van der Waals surface area (Å²) in [6, 6.07) is 9.33. The molecule has 0 radical (unpaired) electrons. The van der Waals surface area contributed by atoms with Crippen molar-refractivity contribution in [3.63, 3.8) is 0 Å². The van der Waals surface area contributed by atoms with Gasteiger partial charge in [-0.2, -0.15) is 0 Å². The Labute approximate surface area is 147 Å². The Kier molecular flexibility index (Phi) is 5.50. The Bertz CT molecular complexity index is 742. The molecule has 0 aliphatic carbocycles. The lowest BCUT2D eigenvalue weighted by Gasteiger charge is -2.29. The zero-order chi connectivity index (χ0) is 17.6. The van der Waals surface area contributed by atoms with Crippen LogP contribution in [0.3, 0.4) is 0 Å². The van der Waals surface area contributed by atoms with Crippen molar-refractivity contribution in [1.29, 1.82) is 0 Å². The second kappa shape index (κ2) is 7.98. The summed E-state index contributed by atoms with van der Waals surface area (Å²) in [6.45, 7) is 5.40. The van der Waals surface area contributed by atoms with E-state index in [1.165, 1.54) is 0 Å². The Morgan fingerprint density at radius 2 is 2.12 bits per heavy atom. The maximum Gasteiger partial charge on any atom is 0.251 e. The number of carbonyl (C=O) groups is 1. The van der Waals surface area contributed by atoms with E-state index in [0.29, 0.717) is 31.1 Å². The first-order chi connectivity index (χ1) is 12.2. The Hall–Kier alpha value is -2.60. The molecule has 2 heterocycles. The minimum atomic E-state index is -0.130. The van der Waals surface area contributed by atoms with Crippen LogP contribution in [0.25, 0.3) is 0 Å². The standard InChI is InChI=1S/C19H23N3O3/c1-14-5-6-15(12-17(14)24-2)19(23)21-13-16-4-3-7-20-18(16)22-8-10-25-11-9-22/h3-7,12H,8-11,13H2,1-2H3,(H,21,23). The van der Waals surface area contributed by atoms with Gasteiger partial charge in [0, 0.05) is 37.0 Å². The van der Waals surface area contributed by atoms with Crippen LogP contribution in [0.15, 0.2) is 36.5 Å². The number of carbonyl (C=O) groups excluding carboxylic acids is 1. The summed E-state index contributed by atoms with van der Waals surface area (Å²) in [5.74, 6) is 1.49. The van der Waals surface area contributed by atoms with E-state index in [1.54, 1.807) is 25.4 Å². The first kappa shape index (κ1) is 17.2. The molecule has 1 aromatic heterocycles. The number of methoxy groups -OCH3 is 1. The molecule has 1 aliphatic heterocycles. The molecule has 0 unspecified atom stereocenters. The quantitative estimate of drug-likeness (QED) is 0.903. The Morgan fingerprint density at radius 3 is 2.88 bits per heavy atom. The Balaban J connectivity index is 1.70. The van der Waals surface area contributed by atoms with Crippen molar-refractivity contribution in [2.45, 2.75) is 13.5 Å². The molecule has 6 heteroatoms. The molecule has 0 spiro atoms. The number of morpholine rings is 1. The molecular weight excluding hydrogens is 318 g/mol. The SMILES string of the molecule is COc1cc(C(=O)NCc2cccnc2N2CCOCC2)ccc1C. The Morgan fingerprint density at radius 1 is 1.32 bits per heavy atom. The van der Waals surface area contributed by atoms with E-state index < -0.39 is 0 Å². The summed E-state index contributed by atoms with van der Waals surface area (Å²) in [6.07, 6.45) is 1.78. The zero-order valence-corrected chi connectivity index (χ0v) is 14.6. The number of anilines is 1. The van der Waals surface area contributed by atoms with Gasteiger partial charge in [-0.25, -0.2) is 4.98 Å². The van der Waals surface area contributed by atoms with Gasteiger partial charge in [-0.3, -0.25) is 4.79 Å². The number of hydrogen-bond donors (Lipinski definition) is 1. The van der Waals surface area contributed by atoms with Crippen LogP contribution >= 0.6 is 0 Å². The topological polar surface area (TPSA) is 63.7 Å². The minimum absolute atomic E-state index is 0.130. The fourth-order valence-corrected chi connectivity index (χ4v) is 2.87. The lowest BCUT2D eigenvalue weighted by atomic mass is 10.1. The third-order valence-corrected chi connectivity index (χ3v) is 4.29. The second-order valence-electron chi connectivity index (χ2n) is 5.95. The van der Waals surface area contributed by atoms with Crippen molar-refractivity contribution >= 4 is 11.7 Å². The van der Waals surface area contributed by atoms with Crippen LogP contribution in [0.5, 0.6) is 5.75 Å². The van der Waals surface area contributed by atoms with E-state index in [0.717, 1.165) is 30.0 Å². The van der Waals surface area contributed by atoms with Gasteiger partial charge >= 0.3 is 0 Å². The maximum absolute atomic E-state index is 12.5. The third kappa shape index (κ3) is 4.09. The molecule has 1 N–H and O–H groups in total. The molecular formula is C19H23N3O3. The van der Waals surface area contributed by atoms with Crippen LogP contribution in [-0.4, -0.2) is 44.3 Å². The number of benzene rings is 1. The zero-order valence-electron chi connectivity index (χ0n) is 14.6.